The van der Waals surface area contributed by atoms with Gasteiger partial charge in [-0.3, -0.25) is 9.59 Å². The second-order valence-corrected chi connectivity index (χ2v) is 7.29. The minimum Gasteiger partial charge on any atom is -0.497 e. The number of hydrogen-bond donors (Lipinski definition) is 1. The van der Waals surface area contributed by atoms with E-state index in [1.807, 2.05) is 55.5 Å². The van der Waals surface area contributed by atoms with Gasteiger partial charge < -0.3 is 10.1 Å². The molecule has 0 saturated carbocycles. The van der Waals surface area contributed by atoms with Crippen molar-refractivity contribution in [1.82, 2.24) is 0 Å². The molecule has 0 radical (unpaired) electrons. The SMILES string of the molecule is COc1cccc(NC2=C(c3ccccc3)C(=O)N(c3ccc(Cl)cc3C)C2=O)c1. The largest absolute Gasteiger partial charge is 0.497 e. The molecule has 4 rings (SSSR count). The zero-order chi connectivity index (χ0) is 21.3. The predicted molar refractivity (Wildman–Crippen MR) is 119 cm³/mol. The van der Waals surface area contributed by atoms with Gasteiger partial charge in [-0.25, -0.2) is 4.90 Å². The molecule has 2 amide bonds. The molecule has 0 fully saturated rings. The van der Waals surface area contributed by atoms with Crippen LogP contribution in [0.25, 0.3) is 5.57 Å². The highest BCUT2D eigenvalue weighted by Crippen LogP contribution is 2.36. The third-order valence-electron chi connectivity index (χ3n) is 4.89. The van der Waals surface area contributed by atoms with Crippen LogP contribution in [0.3, 0.4) is 0 Å². The molecule has 30 heavy (non-hydrogen) atoms. The van der Waals surface area contributed by atoms with E-state index in [2.05, 4.69) is 5.32 Å². The van der Waals surface area contributed by atoms with E-state index in [-0.39, 0.29) is 11.6 Å². The molecule has 150 valence electrons. The Hall–Kier alpha value is -3.57. The molecule has 0 spiro atoms. The molecular formula is C24H19ClN2O3. The number of nitrogens with zero attached hydrogens (tertiary/aromatic N) is 1. The second kappa shape index (κ2) is 8.05. The molecule has 0 aromatic heterocycles. The van der Waals surface area contributed by atoms with Gasteiger partial charge in [-0.1, -0.05) is 48.0 Å². The summed E-state index contributed by atoms with van der Waals surface area (Å²) in [6.45, 7) is 1.82. The van der Waals surface area contributed by atoms with E-state index < -0.39 is 5.91 Å². The number of nitrogens with one attached hydrogen (secondary N) is 1. The van der Waals surface area contributed by atoms with Gasteiger partial charge >= 0.3 is 0 Å². The molecule has 1 aliphatic rings. The van der Waals surface area contributed by atoms with Crippen LogP contribution in [-0.2, 0) is 9.59 Å². The molecule has 1 N–H and O–H groups in total. The summed E-state index contributed by atoms with van der Waals surface area (Å²) >= 11 is 6.06. The Morgan fingerprint density at radius 3 is 2.37 bits per heavy atom. The van der Waals surface area contributed by atoms with Crippen LogP contribution in [-0.4, -0.2) is 18.9 Å². The number of imide groups is 1. The number of hydrogen-bond acceptors (Lipinski definition) is 4. The molecule has 0 atom stereocenters. The van der Waals surface area contributed by atoms with Crippen molar-refractivity contribution < 1.29 is 14.3 Å². The first-order chi connectivity index (χ1) is 14.5. The number of carbonyl (C=O) groups is 2. The van der Waals surface area contributed by atoms with E-state index in [0.717, 1.165) is 5.56 Å². The highest BCUT2D eigenvalue weighted by Gasteiger charge is 2.40. The number of aryl methyl sites for hydroxylation is 1. The first-order valence-electron chi connectivity index (χ1n) is 9.35. The Balaban J connectivity index is 1.82. The third kappa shape index (κ3) is 3.55. The average molecular weight is 419 g/mol. The smallest absolute Gasteiger partial charge is 0.282 e. The highest BCUT2D eigenvalue weighted by atomic mass is 35.5. The van der Waals surface area contributed by atoms with E-state index in [1.54, 1.807) is 31.4 Å². The van der Waals surface area contributed by atoms with Crippen molar-refractivity contribution in [2.24, 2.45) is 0 Å². The molecule has 1 aliphatic heterocycles. The van der Waals surface area contributed by atoms with Gasteiger partial charge in [0.25, 0.3) is 11.8 Å². The van der Waals surface area contributed by atoms with Crippen molar-refractivity contribution in [2.75, 3.05) is 17.3 Å². The Morgan fingerprint density at radius 1 is 0.900 bits per heavy atom. The maximum Gasteiger partial charge on any atom is 0.282 e. The highest BCUT2D eigenvalue weighted by molar-refractivity contribution is 6.46. The van der Waals surface area contributed by atoms with Gasteiger partial charge in [0.2, 0.25) is 0 Å². The van der Waals surface area contributed by atoms with Gasteiger partial charge in [-0.05, 0) is 48.4 Å². The van der Waals surface area contributed by atoms with Crippen LogP contribution in [0.2, 0.25) is 5.02 Å². The third-order valence-corrected chi connectivity index (χ3v) is 5.12. The summed E-state index contributed by atoms with van der Waals surface area (Å²) in [5.74, 6) is -0.168. The van der Waals surface area contributed by atoms with Gasteiger partial charge in [-0.2, -0.15) is 0 Å². The Bertz CT molecular complexity index is 1170. The number of benzene rings is 3. The van der Waals surface area contributed by atoms with Crippen LogP contribution < -0.4 is 15.0 Å². The van der Waals surface area contributed by atoms with Gasteiger partial charge in [0.15, 0.2) is 0 Å². The zero-order valence-electron chi connectivity index (χ0n) is 16.5. The molecule has 3 aromatic rings. The summed E-state index contributed by atoms with van der Waals surface area (Å²) < 4.78 is 5.27. The lowest BCUT2D eigenvalue weighted by atomic mass is 10.0. The fourth-order valence-corrected chi connectivity index (χ4v) is 3.68. The summed E-state index contributed by atoms with van der Waals surface area (Å²) in [5.41, 5.74) is 3.08. The number of carbonyl (C=O) groups excluding carboxylic acids is 2. The summed E-state index contributed by atoms with van der Waals surface area (Å²) in [6, 6.07) is 21.4. The lowest BCUT2D eigenvalue weighted by molar-refractivity contribution is -0.120. The Labute approximate surface area is 179 Å². The number of amides is 2. The van der Waals surface area contributed by atoms with Crippen LogP contribution in [0.4, 0.5) is 11.4 Å². The lowest BCUT2D eigenvalue weighted by Crippen LogP contribution is -2.33. The standard InChI is InChI=1S/C24H19ClN2O3/c1-15-13-17(25)11-12-20(15)27-23(28)21(16-7-4-3-5-8-16)22(24(27)29)26-18-9-6-10-19(14-18)30-2/h3-14,26H,1-2H3. The van der Waals surface area contributed by atoms with Crippen LogP contribution in [0.1, 0.15) is 11.1 Å². The predicted octanol–water partition coefficient (Wildman–Crippen LogP) is 5.05. The molecule has 0 saturated heterocycles. The van der Waals surface area contributed by atoms with Gasteiger partial charge in [0.1, 0.15) is 11.4 Å². The van der Waals surface area contributed by atoms with Crippen molar-refractivity contribution >= 4 is 40.4 Å². The first-order valence-corrected chi connectivity index (χ1v) is 9.73. The monoisotopic (exact) mass is 418 g/mol. The fraction of sp³-hybridized carbons (Fsp3) is 0.0833. The van der Waals surface area contributed by atoms with Crippen LogP contribution >= 0.6 is 11.6 Å². The molecule has 0 unspecified atom stereocenters. The number of methoxy groups -OCH3 is 1. The van der Waals surface area contributed by atoms with Crippen LogP contribution in [0.5, 0.6) is 5.75 Å². The average Bonchev–Trinajstić information content (AvgIpc) is 2.99. The van der Waals surface area contributed by atoms with Crippen molar-refractivity contribution in [3.8, 4) is 5.75 Å². The van der Waals surface area contributed by atoms with Gasteiger partial charge in [0.05, 0.1) is 18.4 Å². The Kier molecular flexibility index (Phi) is 5.29. The minimum absolute atomic E-state index is 0.216. The quantitative estimate of drug-likeness (QED) is 0.589. The molecule has 0 bridgehead atoms. The summed E-state index contributed by atoms with van der Waals surface area (Å²) in [6.07, 6.45) is 0. The number of rotatable bonds is 5. The first kappa shape index (κ1) is 19.7. The summed E-state index contributed by atoms with van der Waals surface area (Å²) in [5, 5.41) is 3.68. The van der Waals surface area contributed by atoms with Crippen LogP contribution in [0.15, 0.2) is 78.5 Å². The zero-order valence-corrected chi connectivity index (χ0v) is 17.2. The molecule has 1 heterocycles. The molecule has 6 heteroatoms. The maximum atomic E-state index is 13.4. The number of halogens is 1. The number of ether oxygens (including phenoxy) is 1. The van der Waals surface area contributed by atoms with Crippen molar-refractivity contribution in [2.45, 2.75) is 6.92 Å². The fourth-order valence-electron chi connectivity index (χ4n) is 3.45. The molecule has 0 aliphatic carbocycles. The molecule has 3 aromatic carbocycles. The summed E-state index contributed by atoms with van der Waals surface area (Å²) in [7, 11) is 1.57. The van der Waals surface area contributed by atoms with E-state index in [9.17, 15) is 9.59 Å². The second-order valence-electron chi connectivity index (χ2n) is 6.85. The normalized spacial score (nSPS) is 13.8. The van der Waals surface area contributed by atoms with E-state index in [1.165, 1.54) is 4.90 Å². The molecular weight excluding hydrogens is 400 g/mol. The van der Waals surface area contributed by atoms with E-state index in [0.29, 0.717) is 33.3 Å². The topological polar surface area (TPSA) is 58.6 Å². The number of anilines is 2. The van der Waals surface area contributed by atoms with Gasteiger partial charge in [-0.15, -0.1) is 0 Å². The van der Waals surface area contributed by atoms with Gasteiger partial charge in [0, 0.05) is 16.8 Å². The van der Waals surface area contributed by atoms with E-state index >= 15 is 0 Å². The van der Waals surface area contributed by atoms with Crippen molar-refractivity contribution in [1.29, 1.82) is 0 Å². The van der Waals surface area contributed by atoms with Crippen LogP contribution in [0, 0.1) is 6.92 Å². The van der Waals surface area contributed by atoms with E-state index in [4.69, 9.17) is 16.3 Å². The lowest BCUT2D eigenvalue weighted by Gasteiger charge is -2.18. The van der Waals surface area contributed by atoms with Crippen molar-refractivity contribution in [3.05, 3.63) is 94.6 Å². The summed E-state index contributed by atoms with van der Waals surface area (Å²) in [4.78, 5) is 28.0. The van der Waals surface area contributed by atoms with Crippen molar-refractivity contribution in [3.63, 3.8) is 0 Å². The minimum atomic E-state index is -0.424. The molecule has 5 nitrogen and oxygen atoms in total. The maximum absolute atomic E-state index is 13.4. The Morgan fingerprint density at radius 2 is 1.67 bits per heavy atom.